The van der Waals surface area contributed by atoms with Crippen LogP contribution < -0.4 is 9.30 Å². The van der Waals surface area contributed by atoms with Gasteiger partial charge in [-0.25, -0.2) is 0 Å². The number of methoxy groups -OCH3 is 1. The smallest absolute Gasteiger partial charge is 0.497 e. The molecule has 1 aromatic carbocycles. The Morgan fingerprint density at radius 1 is 1.10 bits per heavy atom. The summed E-state index contributed by atoms with van der Waals surface area (Å²) >= 11 is 5.92. The molecule has 0 saturated heterocycles. The maximum atomic E-state index is 9.75. The topological polar surface area (TPSA) is 13.1 Å². The molecular weight excluding hydrogens is 308 g/mol. The Kier molecular flexibility index (Phi) is 6.49. The summed E-state index contributed by atoms with van der Waals surface area (Å²) in [6, 6.07) is 11.8. The van der Waals surface area contributed by atoms with Gasteiger partial charge in [-0.1, -0.05) is 11.6 Å². The van der Waals surface area contributed by atoms with Gasteiger partial charge in [-0.05, 0) is 30.3 Å². The second-order valence-corrected chi connectivity index (χ2v) is 4.47. The first-order valence-electron chi connectivity index (χ1n) is 5.93. The standard InChI is InChI=1S/C13H13ClNO.BF4/c1-16-13-6-4-11(5-7-13)9-15-8-2-3-12(14)10-15;2-1(3,4)5/h2-8,10H,9H2,1H3;/q+1;-1. The molecule has 0 aliphatic heterocycles. The average Bonchev–Trinajstić information content (AvgIpc) is 2.38. The van der Waals surface area contributed by atoms with Crippen molar-refractivity contribution < 1.29 is 26.6 Å². The molecule has 2 nitrogen and oxygen atoms in total. The van der Waals surface area contributed by atoms with E-state index >= 15 is 0 Å². The van der Waals surface area contributed by atoms with E-state index in [1.165, 1.54) is 5.56 Å². The monoisotopic (exact) mass is 321 g/mol. The van der Waals surface area contributed by atoms with Gasteiger partial charge in [0.05, 0.1) is 7.11 Å². The summed E-state index contributed by atoms with van der Waals surface area (Å²) in [6.45, 7) is 0.810. The van der Waals surface area contributed by atoms with Gasteiger partial charge >= 0.3 is 7.25 Å². The lowest BCUT2D eigenvalue weighted by Gasteiger charge is -2.01. The minimum Gasteiger partial charge on any atom is -0.497 e. The fourth-order valence-electron chi connectivity index (χ4n) is 1.53. The van der Waals surface area contributed by atoms with Gasteiger partial charge < -0.3 is 22.0 Å². The van der Waals surface area contributed by atoms with Crippen molar-refractivity contribution in [3.63, 3.8) is 0 Å². The summed E-state index contributed by atoms with van der Waals surface area (Å²) in [4.78, 5) is 0. The van der Waals surface area contributed by atoms with Crippen LogP contribution in [-0.4, -0.2) is 14.4 Å². The molecule has 8 heteroatoms. The Bertz CT molecular complexity index is 557. The van der Waals surface area contributed by atoms with E-state index in [2.05, 4.69) is 0 Å². The van der Waals surface area contributed by atoms with Crippen LogP contribution in [0.4, 0.5) is 17.3 Å². The molecule has 1 aromatic heterocycles. The van der Waals surface area contributed by atoms with Gasteiger partial charge in [-0.3, -0.25) is 0 Å². The van der Waals surface area contributed by atoms with Crippen LogP contribution in [0.25, 0.3) is 0 Å². The van der Waals surface area contributed by atoms with Crippen LogP contribution in [0.2, 0.25) is 5.02 Å². The molecule has 0 atom stereocenters. The van der Waals surface area contributed by atoms with Crippen LogP contribution in [0.5, 0.6) is 5.75 Å². The van der Waals surface area contributed by atoms with Gasteiger partial charge in [-0.2, -0.15) is 4.57 Å². The number of hydrogen-bond donors (Lipinski definition) is 0. The molecule has 0 aliphatic carbocycles. The van der Waals surface area contributed by atoms with Gasteiger partial charge in [0, 0.05) is 11.6 Å². The lowest BCUT2D eigenvalue weighted by molar-refractivity contribution is -0.688. The van der Waals surface area contributed by atoms with Crippen molar-refractivity contribution in [1.29, 1.82) is 0 Å². The lowest BCUT2D eigenvalue weighted by Crippen LogP contribution is -2.33. The zero-order valence-corrected chi connectivity index (χ0v) is 11.9. The van der Waals surface area contributed by atoms with Crippen molar-refractivity contribution in [1.82, 2.24) is 0 Å². The largest absolute Gasteiger partial charge is 0.673 e. The molecule has 0 fully saturated rings. The lowest BCUT2D eigenvalue weighted by atomic mass is 10.2. The molecular formula is C13H13BClF4NO. The minimum atomic E-state index is -6.00. The number of hydrogen-bond acceptors (Lipinski definition) is 1. The molecule has 2 rings (SSSR count). The molecule has 0 amide bonds. The van der Waals surface area contributed by atoms with Gasteiger partial charge in [0.1, 0.15) is 10.8 Å². The number of pyridine rings is 1. The molecule has 2 aromatic rings. The highest BCUT2D eigenvalue weighted by Gasteiger charge is 2.20. The normalized spacial score (nSPS) is 10.6. The first-order valence-corrected chi connectivity index (χ1v) is 6.30. The second kappa shape index (κ2) is 7.88. The number of halogens is 5. The Morgan fingerprint density at radius 3 is 2.14 bits per heavy atom. The second-order valence-electron chi connectivity index (χ2n) is 4.04. The van der Waals surface area contributed by atoms with E-state index in [4.69, 9.17) is 16.3 Å². The quantitative estimate of drug-likeness (QED) is 0.473. The summed E-state index contributed by atoms with van der Waals surface area (Å²) in [6.07, 6.45) is 3.90. The predicted octanol–water partition coefficient (Wildman–Crippen LogP) is 3.98. The molecule has 1 heterocycles. The van der Waals surface area contributed by atoms with E-state index in [0.717, 1.165) is 17.3 Å². The van der Waals surface area contributed by atoms with Gasteiger partial charge in [0.25, 0.3) is 0 Å². The fraction of sp³-hybridized carbons (Fsp3) is 0.154. The number of ether oxygens (including phenoxy) is 1. The maximum Gasteiger partial charge on any atom is 0.673 e. The Morgan fingerprint density at radius 2 is 1.67 bits per heavy atom. The van der Waals surface area contributed by atoms with E-state index < -0.39 is 7.25 Å². The highest BCUT2D eigenvalue weighted by atomic mass is 35.5. The number of rotatable bonds is 3. The molecule has 21 heavy (non-hydrogen) atoms. The summed E-state index contributed by atoms with van der Waals surface area (Å²) in [5.74, 6) is 0.875. The van der Waals surface area contributed by atoms with E-state index in [0.29, 0.717) is 0 Å². The van der Waals surface area contributed by atoms with E-state index in [-0.39, 0.29) is 0 Å². The van der Waals surface area contributed by atoms with Crippen LogP contribution in [0.1, 0.15) is 5.56 Å². The van der Waals surface area contributed by atoms with Crippen molar-refractivity contribution >= 4 is 18.9 Å². The highest BCUT2D eigenvalue weighted by molar-refractivity contribution is 6.50. The van der Waals surface area contributed by atoms with E-state index in [9.17, 15) is 17.3 Å². The third-order valence-electron chi connectivity index (χ3n) is 2.35. The van der Waals surface area contributed by atoms with Gasteiger partial charge in [0.2, 0.25) is 0 Å². The van der Waals surface area contributed by atoms with Crippen molar-refractivity contribution in [3.8, 4) is 5.75 Å². The van der Waals surface area contributed by atoms with Gasteiger partial charge in [0.15, 0.2) is 18.9 Å². The Balaban J connectivity index is 0.000000383. The third-order valence-corrected chi connectivity index (χ3v) is 2.57. The Labute approximate surface area is 125 Å². The van der Waals surface area contributed by atoms with Crippen LogP contribution >= 0.6 is 11.6 Å². The summed E-state index contributed by atoms with van der Waals surface area (Å²) in [5.41, 5.74) is 1.22. The van der Waals surface area contributed by atoms with Crippen LogP contribution in [0, 0.1) is 0 Å². The highest BCUT2D eigenvalue weighted by Crippen LogP contribution is 2.11. The van der Waals surface area contributed by atoms with E-state index in [1.807, 2.05) is 53.4 Å². The number of aromatic nitrogens is 1. The molecule has 0 aliphatic rings. The minimum absolute atomic E-state index is 0.746. The fourth-order valence-corrected chi connectivity index (χ4v) is 1.73. The Hall–Kier alpha value is -1.76. The van der Waals surface area contributed by atoms with Crippen molar-refractivity contribution in [2.75, 3.05) is 7.11 Å². The van der Waals surface area contributed by atoms with Crippen LogP contribution in [0.3, 0.4) is 0 Å². The van der Waals surface area contributed by atoms with Crippen molar-refractivity contribution in [2.24, 2.45) is 0 Å². The molecule has 0 radical (unpaired) electrons. The third kappa shape index (κ3) is 8.19. The van der Waals surface area contributed by atoms with Crippen LogP contribution in [-0.2, 0) is 6.54 Å². The molecule has 0 bridgehead atoms. The molecule has 114 valence electrons. The van der Waals surface area contributed by atoms with Gasteiger partial charge in [-0.15, -0.1) is 0 Å². The van der Waals surface area contributed by atoms with E-state index in [1.54, 1.807) is 7.11 Å². The maximum absolute atomic E-state index is 9.75. The molecule has 0 saturated carbocycles. The van der Waals surface area contributed by atoms with Crippen LogP contribution in [0.15, 0.2) is 48.8 Å². The van der Waals surface area contributed by atoms with Crippen molar-refractivity contribution in [3.05, 3.63) is 59.4 Å². The molecule has 0 spiro atoms. The summed E-state index contributed by atoms with van der Waals surface area (Å²) in [5, 5.41) is 0.746. The zero-order chi connectivity index (χ0) is 15.9. The predicted molar refractivity (Wildman–Crippen MR) is 73.9 cm³/mol. The first-order chi connectivity index (χ1) is 9.78. The SMILES string of the molecule is COc1ccc(C[n+]2cccc(Cl)c2)cc1.F[B-](F)(F)F. The molecule has 0 unspecified atom stereocenters. The number of benzene rings is 1. The zero-order valence-electron chi connectivity index (χ0n) is 11.1. The number of nitrogens with zero attached hydrogens (tertiary/aromatic N) is 1. The summed E-state index contributed by atoms with van der Waals surface area (Å²) < 4.78 is 46.2. The average molecular weight is 322 g/mol. The molecule has 0 N–H and O–H groups in total. The van der Waals surface area contributed by atoms with Crippen molar-refractivity contribution in [2.45, 2.75) is 6.54 Å². The first kappa shape index (κ1) is 17.3. The summed E-state index contributed by atoms with van der Waals surface area (Å²) in [7, 11) is -4.33.